The molecule has 1 amide bonds. The van der Waals surface area contributed by atoms with Crippen LogP contribution in [0.25, 0.3) is 0 Å². The van der Waals surface area contributed by atoms with Crippen LogP contribution in [0.1, 0.15) is 22.6 Å². The van der Waals surface area contributed by atoms with E-state index in [0.717, 1.165) is 42.2 Å². The number of aromatic nitrogens is 1. The van der Waals surface area contributed by atoms with Crippen molar-refractivity contribution in [2.45, 2.75) is 26.8 Å². The lowest BCUT2D eigenvalue weighted by Crippen LogP contribution is -2.48. The number of aryl methyl sites for hydroxylation is 2. The Kier molecular flexibility index (Phi) is 4.94. The number of carbonyl (C=O) groups is 1. The molecular formula is C18H22FN3O2. The van der Waals surface area contributed by atoms with Gasteiger partial charge in [-0.15, -0.1) is 0 Å². The number of hydrogen-bond acceptors (Lipinski definition) is 4. The molecule has 0 atom stereocenters. The van der Waals surface area contributed by atoms with Gasteiger partial charge in [0.15, 0.2) is 0 Å². The molecule has 2 aromatic rings. The van der Waals surface area contributed by atoms with Crippen molar-refractivity contribution in [3.63, 3.8) is 0 Å². The second-order valence-corrected chi connectivity index (χ2v) is 6.26. The zero-order valence-corrected chi connectivity index (χ0v) is 14.1. The third-order valence-electron chi connectivity index (χ3n) is 4.56. The normalized spacial score (nSPS) is 15.7. The van der Waals surface area contributed by atoms with Crippen molar-refractivity contribution in [2.75, 3.05) is 26.2 Å². The minimum atomic E-state index is -0.279. The lowest BCUT2D eigenvalue weighted by atomic mass is 10.1. The van der Waals surface area contributed by atoms with Crippen LogP contribution in [0.2, 0.25) is 0 Å². The summed E-state index contributed by atoms with van der Waals surface area (Å²) in [5.74, 6) is 0.681. The van der Waals surface area contributed by atoms with Crippen LogP contribution in [0, 0.1) is 19.7 Å². The molecule has 5 nitrogen and oxygen atoms in total. The summed E-state index contributed by atoms with van der Waals surface area (Å²) in [5.41, 5.74) is 2.92. The van der Waals surface area contributed by atoms with Crippen molar-refractivity contribution in [1.29, 1.82) is 0 Å². The van der Waals surface area contributed by atoms with E-state index in [4.69, 9.17) is 4.52 Å². The first-order valence-electron chi connectivity index (χ1n) is 8.19. The molecule has 1 aliphatic rings. The van der Waals surface area contributed by atoms with Gasteiger partial charge in [0.1, 0.15) is 11.6 Å². The monoisotopic (exact) mass is 331 g/mol. The molecule has 0 N–H and O–H groups in total. The summed E-state index contributed by atoms with van der Waals surface area (Å²) in [6.07, 6.45) is 0.324. The average molecular weight is 331 g/mol. The van der Waals surface area contributed by atoms with Gasteiger partial charge in [-0.2, -0.15) is 0 Å². The van der Waals surface area contributed by atoms with Gasteiger partial charge in [-0.05, 0) is 31.5 Å². The first-order valence-corrected chi connectivity index (χ1v) is 8.19. The number of hydrogen-bond donors (Lipinski definition) is 0. The van der Waals surface area contributed by atoms with E-state index in [1.54, 1.807) is 12.1 Å². The zero-order chi connectivity index (χ0) is 17.1. The molecule has 1 aromatic heterocycles. The molecule has 1 aliphatic heterocycles. The molecule has 0 spiro atoms. The van der Waals surface area contributed by atoms with Crippen molar-refractivity contribution < 1.29 is 13.7 Å². The number of piperazine rings is 1. The third-order valence-corrected chi connectivity index (χ3v) is 4.56. The number of amides is 1. The fourth-order valence-corrected chi connectivity index (χ4v) is 3.00. The van der Waals surface area contributed by atoms with E-state index in [-0.39, 0.29) is 11.7 Å². The summed E-state index contributed by atoms with van der Waals surface area (Å²) < 4.78 is 18.1. The maximum atomic E-state index is 12.9. The number of nitrogens with zero attached hydrogens (tertiary/aromatic N) is 3. The molecule has 1 fully saturated rings. The number of carbonyl (C=O) groups excluding carboxylic acids is 1. The molecule has 128 valence electrons. The molecule has 0 saturated carbocycles. The highest BCUT2D eigenvalue weighted by Gasteiger charge is 2.22. The molecule has 0 unspecified atom stereocenters. The Morgan fingerprint density at radius 3 is 2.42 bits per heavy atom. The third kappa shape index (κ3) is 3.82. The Morgan fingerprint density at radius 2 is 1.83 bits per heavy atom. The van der Waals surface area contributed by atoms with E-state index < -0.39 is 0 Å². The molecule has 0 aliphatic carbocycles. The van der Waals surface area contributed by atoms with E-state index in [1.165, 1.54) is 12.1 Å². The summed E-state index contributed by atoms with van der Waals surface area (Å²) >= 11 is 0. The fourth-order valence-electron chi connectivity index (χ4n) is 3.00. The lowest BCUT2D eigenvalue weighted by molar-refractivity contribution is -0.132. The molecular weight excluding hydrogens is 309 g/mol. The van der Waals surface area contributed by atoms with Gasteiger partial charge >= 0.3 is 0 Å². The van der Waals surface area contributed by atoms with Crippen molar-refractivity contribution in [1.82, 2.24) is 15.0 Å². The van der Waals surface area contributed by atoms with E-state index in [0.29, 0.717) is 19.5 Å². The quantitative estimate of drug-likeness (QED) is 0.863. The highest BCUT2D eigenvalue weighted by atomic mass is 19.1. The van der Waals surface area contributed by atoms with Gasteiger partial charge in [0.2, 0.25) is 5.91 Å². The van der Waals surface area contributed by atoms with Gasteiger partial charge in [-0.25, -0.2) is 4.39 Å². The predicted octanol–water partition coefficient (Wildman–Crippen LogP) is 2.32. The molecule has 0 radical (unpaired) electrons. The second kappa shape index (κ2) is 7.13. The van der Waals surface area contributed by atoms with Crippen LogP contribution in [0.15, 0.2) is 28.8 Å². The maximum Gasteiger partial charge on any atom is 0.227 e. The molecule has 1 saturated heterocycles. The van der Waals surface area contributed by atoms with Crippen LogP contribution in [-0.2, 0) is 17.8 Å². The Hall–Kier alpha value is -2.21. The fraction of sp³-hybridized carbons (Fsp3) is 0.444. The van der Waals surface area contributed by atoms with E-state index in [9.17, 15) is 9.18 Å². The van der Waals surface area contributed by atoms with Crippen molar-refractivity contribution in [2.24, 2.45) is 0 Å². The molecule has 24 heavy (non-hydrogen) atoms. The van der Waals surface area contributed by atoms with Crippen molar-refractivity contribution in [3.05, 3.63) is 52.7 Å². The Balaban J connectivity index is 1.51. The SMILES string of the molecule is Cc1noc(C)c1CN1CCN(C(=O)Cc2ccc(F)cc2)CC1. The summed E-state index contributed by atoms with van der Waals surface area (Å²) in [7, 11) is 0. The van der Waals surface area contributed by atoms with Crippen LogP contribution >= 0.6 is 0 Å². The first-order chi connectivity index (χ1) is 11.5. The highest BCUT2D eigenvalue weighted by Crippen LogP contribution is 2.16. The summed E-state index contributed by atoms with van der Waals surface area (Å²) in [4.78, 5) is 16.6. The Morgan fingerprint density at radius 1 is 1.17 bits per heavy atom. The van der Waals surface area contributed by atoms with Crippen LogP contribution in [0.3, 0.4) is 0 Å². The van der Waals surface area contributed by atoms with E-state index >= 15 is 0 Å². The van der Waals surface area contributed by atoms with Crippen LogP contribution in [0.4, 0.5) is 4.39 Å². The van der Waals surface area contributed by atoms with Gasteiger partial charge in [0.05, 0.1) is 12.1 Å². The molecule has 1 aromatic carbocycles. The van der Waals surface area contributed by atoms with Gasteiger partial charge < -0.3 is 9.42 Å². The summed E-state index contributed by atoms with van der Waals surface area (Å²) in [6, 6.07) is 6.12. The second-order valence-electron chi connectivity index (χ2n) is 6.26. The number of halogens is 1. The van der Waals surface area contributed by atoms with Gasteiger partial charge in [0, 0.05) is 38.3 Å². The minimum absolute atomic E-state index is 0.0959. The first kappa shape index (κ1) is 16.6. The average Bonchev–Trinajstić information content (AvgIpc) is 2.89. The molecule has 3 rings (SSSR count). The number of benzene rings is 1. The van der Waals surface area contributed by atoms with Crippen LogP contribution in [0.5, 0.6) is 0 Å². The lowest BCUT2D eigenvalue weighted by Gasteiger charge is -2.34. The van der Waals surface area contributed by atoms with Crippen LogP contribution in [-0.4, -0.2) is 47.0 Å². The van der Waals surface area contributed by atoms with Crippen molar-refractivity contribution in [3.8, 4) is 0 Å². The highest BCUT2D eigenvalue weighted by molar-refractivity contribution is 5.78. The Labute approximate surface area is 141 Å². The topological polar surface area (TPSA) is 49.6 Å². The number of rotatable bonds is 4. The molecule has 6 heteroatoms. The standard InChI is InChI=1S/C18H22FN3O2/c1-13-17(14(2)24-20-13)12-21-7-9-22(10-8-21)18(23)11-15-3-5-16(19)6-4-15/h3-6H,7-12H2,1-2H3. The molecule has 2 heterocycles. The van der Waals surface area contributed by atoms with E-state index in [2.05, 4.69) is 10.1 Å². The largest absolute Gasteiger partial charge is 0.361 e. The summed E-state index contributed by atoms with van der Waals surface area (Å²) in [6.45, 7) is 7.78. The van der Waals surface area contributed by atoms with Gasteiger partial charge in [0.25, 0.3) is 0 Å². The smallest absolute Gasteiger partial charge is 0.227 e. The van der Waals surface area contributed by atoms with Gasteiger partial charge in [-0.3, -0.25) is 9.69 Å². The predicted molar refractivity (Wildman–Crippen MR) is 87.9 cm³/mol. The summed E-state index contributed by atoms with van der Waals surface area (Å²) in [5, 5.41) is 3.98. The maximum absolute atomic E-state index is 12.9. The van der Waals surface area contributed by atoms with Crippen LogP contribution < -0.4 is 0 Å². The zero-order valence-electron chi connectivity index (χ0n) is 14.1. The van der Waals surface area contributed by atoms with E-state index in [1.807, 2.05) is 18.7 Å². The molecule has 0 bridgehead atoms. The Bertz CT molecular complexity index is 684. The minimum Gasteiger partial charge on any atom is -0.361 e. The van der Waals surface area contributed by atoms with Gasteiger partial charge in [-0.1, -0.05) is 17.3 Å². The van der Waals surface area contributed by atoms with Crippen molar-refractivity contribution >= 4 is 5.91 Å².